The average molecular weight is 427 g/mol. The predicted octanol–water partition coefficient (Wildman–Crippen LogP) is 5.68. The molecular weight excluding hydrogens is 407 g/mol. The maximum atomic E-state index is 13.4. The van der Waals surface area contributed by atoms with Crippen LogP contribution >= 0.6 is 0 Å². The van der Waals surface area contributed by atoms with Crippen molar-refractivity contribution in [2.24, 2.45) is 0 Å². The molecule has 1 aromatic heterocycles. The zero-order valence-electron chi connectivity index (χ0n) is 17.0. The SMILES string of the molecule is COc1cc2c(cc1C(F)(F)F)N(C(=O)Nc1cncc(-c3ccc(C)cc3)c1)CC2. The van der Waals surface area contributed by atoms with Gasteiger partial charge in [-0.3, -0.25) is 9.88 Å². The first-order valence-corrected chi connectivity index (χ1v) is 9.65. The van der Waals surface area contributed by atoms with Gasteiger partial charge in [0.2, 0.25) is 0 Å². The zero-order chi connectivity index (χ0) is 22.2. The molecule has 4 rings (SSSR count). The van der Waals surface area contributed by atoms with Gasteiger partial charge in [-0.05, 0) is 42.7 Å². The second-order valence-corrected chi connectivity index (χ2v) is 7.34. The molecule has 0 aliphatic carbocycles. The van der Waals surface area contributed by atoms with Crippen molar-refractivity contribution in [2.45, 2.75) is 19.5 Å². The minimum atomic E-state index is -4.59. The van der Waals surface area contributed by atoms with Gasteiger partial charge in [-0.1, -0.05) is 29.8 Å². The number of amides is 2. The van der Waals surface area contributed by atoms with Crippen LogP contribution in [0.15, 0.2) is 54.9 Å². The van der Waals surface area contributed by atoms with Gasteiger partial charge in [0.1, 0.15) is 5.75 Å². The summed E-state index contributed by atoms with van der Waals surface area (Å²) in [5.41, 5.74) is 3.31. The molecule has 0 saturated heterocycles. The van der Waals surface area contributed by atoms with Gasteiger partial charge >= 0.3 is 12.2 Å². The van der Waals surface area contributed by atoms with E-state index in [4.69, 9.17) is 4.74 Å². The summed E-state index contributed by atoms with van der Waals surface area (Å²) in [7, 11) is 1.20. The molecule has 0 radical (unpaired) electrons. The Morgan fingerprint density at radius 3 is 2.52 bits per heavy atom. The molecule has 2 aromatic carbocycles. The Balaban J connectivity index is 1.59. The van der Waals surface area contributed by atoms with Crippen LogP contribution < -0.4 is 15.0 Å². The van der Waals surface area contributed by atoms with E-state index in [2.05, 4.69) is 10.3 Å². The highest BCUT2D eigenvalue weighted by atomic mass is 19.4. The molecule has 0 saturated carbocycles. The Labute approximate surface area is 177 Å². The molecule has 2 heterocycles. The quantitative estimate of drug-likeness (QED) is 0.585. The minimum Gasteiger partial charge on any atom is -0.496 e. The topological polar surface area (TPSA) is 54.5 Å². The van der Waals surface area contributed by atoms with Crippen LogP contribution in [-0.2, 0) is 12.6 Å². The number of aromatic nitrogens is 1. The maximum absolute atomic E-state index is 13.4. The predicted molar refractivity (Wildman–Crippen MR) is 112 cm³/mol. The van der Waals surface area contributed by atoms with Crippen LogP contribution in [0.25, 0.3) is 11.1 Å². The van der Waals surface area contributed by atoms with Crippen molar-refractivity contribution < 1.29 is 22.7 Å². The van der Waals surface area contributed by atoms with Crippen molar-refractivity contribution in [1.82, 2.24) is 4.98 Å². The van der Waals surface area contributed by atoms with Gasteiger partial charge < -0.3 is 10.1 Å². The van der Waals surface area contributed by atoms with Gasteiger partial charge in [-0.25, -0.2) is 4.79 Å². The lowest BCUT2D eigenvalue weighted by Crippen LogP contribution is -2.33. The summed E-state index contributed by atoms with van der Waals surface area (Å²) in [6.07, 6.45) is -0.953. The number of hydrogen-bond acceptors (Lipinski definition) is 3. The Morgan fingerprint density at radius 2 is 1.84 bits per heavy atom. The molecule has 1 N–H and O–H groups in total. The number of carbonyl (C=O) groups excluding carboxylic acids is 1. The first-order valence-electron chi connectivity index (χ1n) is 9.65. The molecule has 3 aromatic rings. The summed E-state index contributed by atoms with van der Waals surface area (Å²) < 4.78 is 45.1. The number of fused-ring (bicyclic) bond motifs is 1. The molecule has 8 heteroatoms. The van der Waals surface area contributed by atoms with E-state index in [1.807, 2.05) is 31.2 Å². The van der Waals surface area contributed by atoms with Crippen LogP contribution in [0.5, 0.6) is 5.75 Å². The Kier molecular flexibility index (Phi) is 5.31. The van der Waals surface area contributed by atoms with Gasteiger partial charge in [-0.15, -0.1) is 0 Å². The maximum Gasteiger partial charge on any atom is 0.420 e. The third-order valence-electron chi connectivity index (χ3n) is 5.22. The first kappa shape index (κ1) is 20.7. The van der Waals surface area contributed by atoms with E-state index in [9.17, 15) is 18.0 Å². The first-order chi connectivity index (χ1) is 14.8. The highest BCUT2D eigenvalue weighted by molar-refractivity contribution is 6.03. The van der Waals surface area contributed by atoms with Crippen LogP contribution in [0.3, 0.4) is 0 Å². The Hall–Kier alpha value is -3.55. The second kappa shape index (κ2) is 7.94. The fraction of sp³-hybridized carbons (Fsp3) is 0.217. The van der Waals surface area contributed by atoms with E-state index in [0.717, 1.165) is 22.8 Å². The van der Waals surface area contributed by atoms with Gasteiger partial charge in [0.25, 0.3) is 0 Å². The van der Waals surface area contributed by atoms with E-state index >= 15 is 0 Å². The van der Waals surface area contributed by atoms with Gasteiger partial charge in [0, 0.05) is 24.0 Å². The number of methoxy groups -OCH3 is 1. The summed E-state index contributed by atoms with van der Waals surface area (Å²) in [6, 6.07) is 11.5. The lowest BCUT2D eigenvalue weighted by atomic mass is 10.1. The summed E-state index contributed by atoms with van der Waals surface area (Å²) >= 11 is 0. The number of nitrogens with one attached hydrogen (secondary N) is 1. The van der Waals surface area contributed by atoms with Gasteiger partial charge in [0.15, 0.2) is 0 Å². The number of urea groups is 1. The van der Waals surface area contributed by atoms with Crippen molar-refractivity contribution in [3.8, 4) is 16.9 Å². The van der Waals surface area contributed by atoms with Crippen LogP contribution in [0.4, 0.5) is 29.3 Å². The molecule has 1 aliphatic heterocycles. The molecule has 5 nitrogen and oxygen atoms in total. The third-order valence-corrected chi connectivity index (χ3v) is 5.22. The highest BCUT2D eigenvalue weighted by Crippen LogP contribution is 2.42. The Morgan fingerprint density at radius 1 is 1.10 bits per heavy atom. The fourth-order valence-corrected chi connectivity index (χ4v) is 3.62. The molecule has 160 valence electrons. The molecule has 1 aliphatic rings. The summed E-state index contributed by atoms with van der Waals surface area (Å²) in [5, 5.41) is 2.75. The van der Waals surface area contributed by atoms with Gasteiger partial charge in [0.05, 0.1) is 24.6 Å². The van der Waals surface area contributed by atoms with Crippen molar-refractivity contribution >= 4 is 17.4 Å². The lowest BCUT2D eigenvalue weighted by Gasteiger charge is -2.20. The Bertz CT molecular complexity index is 1130. The number of carbonyl (C=O) groups is 1. The highest BCUT2D eigenvalue weighted by Gasteiger charge is 2.37. The molecular formula is C23H20F3N3O2. The van der Waals surface area contributed by atoms with Gasteiger partial charge in [-0.2, -0.15) is 13.2 Å². The fourth-order valence-electron chi connectivity index (χ4n) is 3.62. The largest absolute Gasteiger partial charge is 0.496 e. The number of anilines is 2. The number of nitrogens with zero attached hydrogens (tertiary/aromatic N) is 2. The minimum absolute atomic E-state index is 0.230. The smallest absolute Gasteiger partial charge is 0.420 e. The van der Waals surface area contributed by atoms with Crippen molar-refractivity contribution in [2.75, 3.05) is 23.9 Å². The molecule has 0 fully saturated rings. The normalized spacial score (nSPS) is 13.1. The van der Waals surface area contributed by atoms with Crippen LogP contribution in [0.2, 0.25) is 0 Å². The van der Waals surface area contributed by atoms with Crippen LogP contribution in [-0.4, -0.2) is 24.7 Å². The second-order valence-electron chi connectivity index (χ2n) is 7.34. The number of benzene rings is 2. The molecule has 0 spiro atoms. The summed E-state index contributed by atoms with van der Waals surface area (Å²) in [4.78, 5) is 18.3. The number of pyridine rings is 1. The van der Waals surface area contributed by atoms with Crippen molar-refractivity contribution in [3.63, 3.8) is 0 Å². The number of rotatable bonds is 3. The zero-order valence-corrected chi connectivity index (χ0v) is 17.0. The number of alkyl halides is 3. The number of aryl methyl sites for hydroxylation is 1. The molecule has 0 unspecified atom stereocenters. The van der Waals surface area contributed by atoms with E-state index in [0.29, 0.717) is 17.7 Å². The van der Waals surface area contributed by atoms with E-state index in [-0.39, 0.29) is 18.0 Å². The third kappa shape index (κ3) is 4.19. The van der Waals surface area contributed by atoms with Crippen LogP contribution in [0.1, 0.15) is 16.7 Å². The van der Waals surface area contributed by atoms with E-state index in [1.54, 1.807) is 12.3 Å². The standard InChI is InChI=1S/C23H20F3N3O2/c1-14-3-5-15(6-4-14)17-9-18(13-27-12-17)28-22(30)29-8-7-16-10-21(31-2)19(11-20(16)29)23(24,25)26/h3-6,9-13H,7-8H2,1-2H3,(H,28,30). The number of ether oxygens (including phenoxy) is 1. The monoisotopic (exact) mass is 427 g/mol. The number of hydrogen-bond donors (Lipinski definition) is 1. The molecule has 31 heavy (non-hydrogen) atoms. The summed E-state index contributed by atoms with van der Waals surface area (Å²) in [6.45, 7) is 2.27. The number of halogens is 3. The molecule has 0 bridgehead atoms. The average Bonchev–Trinajstić information content (AvgIpc) is 3.16. The van der Waals surface area contributed by atoms with Crippen molar-refractivity contribution in [3.05, 3.63) is 71.5 Å². The van der Waals surface area contributed by atoms with E-state index in [1.165, 1.54) is 24.3 Å². The molecule has 0 atom stereocenters. The summed E-state index contributed by atoms with van der Waals surface area (Å²) in [5.74, 6) is -0.247. The molecule has 2 amide bonds. The van der Waals surface area contributed by atoms with E-state index < -0.39 is 17.8 Å². The van der Waals surface area contributed by atoms with Crippen molar-refractivity contribution in [1.29, 1.82) is 0 Å². The lowest BCUT2D eigenvalue weighted by molar-refractivity contribution is -0.138. The van der Waals surface area contributed by atoms with Crippen LogP contribution in [0, 0.1) is 6.92 Å².